The van der Waals surface area contributed by atoms with Gasteiger partial charge in [0.25, 0.3) is 0 Å². The maximum Gasteiger partial charge on any atom is 0.434 e. The molecule has 0 aliphatic carbocycles. The maximum absolute atomic E-state index is 12.9. The number of carbonyl (C=O) groups excluding carboxylic acids is 1. The van der Waals surface area contributed by atoms with Crippen LogP contribution in [0.2, 0.25) is 0 Å². The fraction of sp³-hybridized carbons (Fsp3) is 0.577. The predicted molar refractivity (Wildman–Crippen MR) is 132 cm³/mol. The first kappa shape index (κ1) is 26.2. The zero-order valence-electron chi connectivity index (χ0n) is 20.9. The third-order valence-corrected chi connectivity index (χ3v) is 7.19. The number of amides is 2. The van der Waals surface area contributed by atoms with E-state index in [-0.39, 0.29) is 18.1 Å². The number of likely N-dealkylation sites (tertiary alicyclic amines) is 1. The molecule has 1 aromatic carbocycles. The zero-order valence-corrected chi connectivity index (χ0v) is 20.9. The minimum absolute atomic E-state index is 0.0883. The first-order valence-electron chi connectivity index (χ1n) is 12.7. The molecular formula is C26H35F3N6O. The van der Waals surface area contributed by atoms with Gasteiger partial charge in [0.05, 0.1) is 12.4 Å². The Morgan fingerprint density at radius 2 is 1.69 bits per heavy atom. The second-order valence-electron chi connectivity index (χ2n) is 9.99. The van der Waals surface area contributed by atoms with Crippen LogP contribution in [-0.2, 0) is 12.7 Å². The van der Waals surface area contributed by atoms with Crippen molar-refractivity contribution >= 4 is 11.8 Å². The van der Waals surface area contributed by atoms with E-state index in [2.05, 4.69) is 44.5 Å². The molecule has 1 aromatic heterocycles. The SMILES string of the molecule is C[C@@H]1CN(c2cnc(C(F)(F)F)cn2)C[C@H](C)N1C(=O)NCCC1CCN(Cc2ccccc2)CC1. The highest BCUT2D eigenvalue weighted by Gasteiger charge is 2.35. The lowest BCUT2D eigenvalue weighted by Crippen LogP contribution is -2.61. The Bertz CT molecular complexity index is 967. The summed E-state index contributed by atoms with van der Waals surface area (Å²) in [5.74, 6) is 1.00. The van der Waals surface area contributed by atoms with Gasteiger partial charge in [0.1, 0.15) is 5.82 Å². The Kier molecular flexibility index (Phi) is 8.33. The number of nitrogens with zero attached hydrogens (tertiary/aromatic N) is 5. The van der Waals surface area contributed by atoms with Crippen molar-refractivity contribution in [3.63, 3.8) is 0 Å². The summed E-state index contributed by atoms with van der Waals surface area (Å²) >= 11 is 0. The smallest absolute Gasteiger partial charge is 0.351 e. The maximum atomic E-state index is 12.9. The normalized spacial score (nSPS) is 22.0. The molecular weight excluding hydrogens is 469 g/mol. The highest BCUT2D eigenvalue weighted by Crippen LogP contribution is 2.28. The molecule has 0 radical (unpaired) electrons. The average Bonchev–Trinajstić information content (AvgIpc) is 2.85. The van der Waals surface area contributed by atoms with Crippen LogP contribution in [0.1, 0.15) is 44.4 Å². The van der Waals surface area contributed by atoms with Gasteiger partial charge in [0, 0.05) is 38.3 Å². The number of urea groups is 1. The number of nitrogens with one attached hydrogen (secondary N) is 1. The van der Waals surface area contributed by atoms with Crippen molar-refractivity contribution in [1.29, 1.82) is 0 Å². The summed E-state index contributed by atoms with van der Waals surface area (Å²) in [4.78, 5) is 26.6. The number of rotatable bonds is 6. The molecule has 36 heavy (non-hydrogen) atoms. The van der Waals surface area contributed by atoms with Crippen LogP contribution in [-0.4, -0.2) is 70.6 Å². The molecule has 1 N–H and O–H groups in total. The molecule has 0 bridgehead atoms. The topological polar surface area (TPSA) is 64.6 Å². The fourth-order valence-electron chi connectivity index (χ4n) is 5.29. The summed E-state index contributed by atoms with van der Waals surface area (Å²) in [5.41, 5.74) is 0.337. The molecule has 0 saturated carbocycles. The standard InChI is InChI=1S/C26H35F3N6O/c1-19-16-34(24-15-31-23(14-32-24)26(27,28)29)17-20(2)35(19)25(36)30-11-8-21-9-12-33(13-10-21)18-22-6-4-3-5-7-22/h3-7,14-15,19-21H,8-13,16-18H2,1-2H3,(H,30,36)/t19-,20+. The van der Waals surface area contributed by atoms with Crippen LogP contribution in [0.5, 0.6) is 0 Å². The van der Waals surface area contributed by atoms with Gasteiger partial charge in [-0.25, -0.2) is 14.8 Å². The lowest BCUT2D eigenvalue weighted by atomic mass is 9.93. The first-order chi connectivity index (χ1) is 17.2. The van der Waals surface area contributed by atoms with Gasteiger partial charge >= 0.3 is 12.2 Å². The number of aromatic nitrogens is 2. The van der Waals surface area contributed by atoms with Gasteiger partial charge in [-0.2, -0.15) is 13.2 Å². The number of carbonyl (C=O) groups is 1. The molecule has 10 heteroatoms. The lowest BCUT2D eigenvalue weighted by Gasteiger charge is -2.44. The van der Waals surface area contributed by atoms with Gasteiger partial charge in [-0.3, -0.25) is 4.90 Å². The summed E-state index contributed by atoms with van der Waals surface area (Å²) < 4.78 is 38.3. The van der Waals surface area contributed by atoms with Gasteiger partial charge in [-0.15, -0.1) is 0 Å². The van der Waals surface area contributed by atoms with E-state index in [1.54, 1.807) is 0 Å². The first-order valence-corrected chi connectivity index (χ1v) is 12.7. The molecule has 2 atom stereocenters. The van der Waals surface area contributed by atoms with Crippen LogP contribution in [0, 0.1) is 5.92 Å². The van der Waals surface area contributed by atoms with E-state index >= 15 is 0 Å². The third kappa shape index (κ3) is 6.66. The van der Waals surface area contributed by atoms with Crippen molar-refractivity contribution in [3.05, 3.63) is 54.0 Å². The molecule has 3 heterocycles. The minimum Gasteiger partial charge on any atom is -0.351 e. The fourth-order valence-corrected chi connectivity index (χ4v) is 5.29. The lowest BCUT2D eigenvalue weighted by molar-refractivity contribution is -0.141. The van der Waals surface area contributed by atoms with Crippen molar-refractivity contribution in [2.45, 2.75) is 57.9 Å². The Morgan fingerprint density at radius 3 is 2.28 bits per heavy atom. The number of benzene rings is 1. The van der Waals surface area contributed by atoms with E-state index in [1.165, 1.54) is 5.56 Å². The van der Waals surface area contributed by atoms with E-state index in [4.69, 9.17) is 0 Å². The molecule has 2 saturated heterocycles. The Balaban J connectivity index is 1.20. The van der Waals surface area contributed by atoms with Gasteiger partial charge < -0.3 is 15.1 Å². The minimum atomic E-state index is -4.51. The second-order valence-corrected chi connectivity index (χ2v) is 9.99. The Morgan fingerprint density at radius 1 is 1.03 bits per heavy atom. The predicted octanol–water partition coefficient (Wildman–Crippen LogP) is 4.41. The number of hydrogen-bond acceptors (Lipinski definition) is 5. The number of piperidine rings is 1. The monoisotopic (exact) mass is 504 g/mol. The van der Waals surface area contributed by atoms with Crippen LogP contribution in [0.15, 0.2) is 42.7 Å². The highest BCUT2D eigenvalue weighted by atomic mass is 19.4. The van der Waals surface area contributed by atoms with Gasteiger partial charge in [0.15, 0.2) is 5.69 Å². The largest absolute Gasteiger partial charge is 0.434 e. The average molecular weight is 505 g/mol. The quantitative estimate of drug-likeness (QED) is 0.632. The van der Waals surface area contributed by atoms with Crippen LogP contribution in [0.4, 0.5) is 23.8 Å². The summed E-state index contributed by atoms with van der Waals surface area (Å²) in [5, 5.41) is 3.09. The Labute approximate surface area is 210 Å². The molecule has 2 aromatic rings. The molecule has 2 aliphatic rings. The van der Waals surface area contributed by atoms with Crippen LogP contribution in [0.25, 0.3) is 0 Å². The molecule has 196 valence electrons. The van der Waals surface area contributed by atoms with E-state index in [0.717, 1.165) is 51.3 Å². The number of alkyl halides is 3. The van der Waals surface area contributed by atoms with Crippen molar-refractivity contribution in [2.24, 2.45) is 5.92 Å². The molecule has 2 amide bonds. The van der Waals surface area contributed by atoms with Crippen molar-refractivity contribution in [2.75, 3.05) is 37.6 Å². The number of hydrogen-bond donors (Lipinski definition) is 1. The van der Waals surface area contributed by atoms with Crippen LogP contribution < -0.4 is 10.2 Å². The van der Waals surface area contributed by atoms with Crippen LogP contribution in [0.3, 0.4) is 0 Å². The summed E-state index contributed by atoms with van der Waals surface area (Å²) in [6.07, 6.45) is 0.653. The van der Waals surface area contributed by atoms with Gasteiger partial charge in [-0.05, 0) is 57.7 Å². The second kappa shape index (κ2) is 11.5. The number of piperazine rings is 1. The molecule has 7 nitrogen and oxygen atoms in total. The number of anilines is 1. The summed E-state index contributed by atoms with van der Waals surface area (Å²) in [6.45, 7) is 8.66. The summed E-state index contributed by atoms with van der Waals surface area (Å²) in [6, 6.07) is 10.2. The van der Waals surface area contributed by atoms with Crippen LogP contribution >= 0.6 is 0 Å². The van der Waals surface area contributed by atoms with E-state index in [0.29, 0.717) is 31.4 Å². The van der Waals surface area contributed by atoms with Gasteiger partial charge in [-0.1, -0.05) is 30.3 Å². The highest BCUT2D eigenvalue weighted by molar-refractivity contribution is 5.75. The van der Waals surface area contributed by atoms with E-state index in [9.17, 15) is 18.0 Å². The van der Waals surface area contributed by atoms with Crippen molar-refractivity contribution in [3.8, 4) is 0 Å². The molecule has 4 rings (SSSR count). The van der Waals surface area contributed by atoms with E-state index < -0.39 is 11.9 Å². The Hall–Kier alpha value is -2.88. The molecule has 2 fully saturated rings. The van der Waals surface area contributed by atoms with E-state index in [1.807, 2.05) is 29.7 Å². The molecule has 0 unspecified atom stereocenters. The summed E-state index contributed by atoms with van der Waals surface area (Å²) in [7, 11) is 0. The zero-order chi connectivity index (χ0) is 25.7. The molecule has 0 spiro atoms. The van der Waals surface area contributed by atoms with Crippen molar-refractivity contribution < 1.29 is 18.0 Å². The molecule has 2 aliphatic heterocycles. The number of halogens is 3. The third-order valence-electron chi connectivity index (χ3n) is 7.19. The van der Waals surface area contributed by atoms with Gasteiger partial charge in [0.2, 0.25) is 0 Å². The van der Waals surface area contributed by atoms with Crippen molar-refractivity contribution in [1.82, 2.24) is 25.1 Å².